The van der Waals surface area contributed by atoms with Gasteiger partial charge in [0.2, 0.25) is 5.91 Å². The summed E-state index contributed by atoms with van der Waals surface area (Å²) in [6.07, 6.45) is 6.84. The number of rotatable bonds is 6. The number of amides is 1. The predicted octanol–water partition coefficient (Wildman–Crippen LogP) is 3.58. The summed E-state index contributed by atoms with van der Waals surface area (Å²) < 4.78 is 5.86. The first-order valence-electron chi connectivity index (χ1n) is 7.94. The average molecular weight is 290 g/mol. The number of carbonyl (C=O) groups excluding carboxylic acids is 1. The fourth-order valence-electron chi connectivity index (χ4n) is 2.87. The number of hydrogen-bond acceptors (Lipinski definition) is 3. The van der Waals surface area contributed by atoms with E-state index in [-0.39, 0.29) is 5.91 Å². The van der Waals surface area contributed by atoms with E-state index in [9.17, 15) is 4.79 Å². The lowest BCUT2D eigenvalue weighted by molar-refractivity contribution is -0.118. The van der Waals surface area contributed by atoms with Gasteiger partial charge < -0.3 is 15.8 Å². The second-order valence-electron chi connectivity index (χ2n) is 5.85. The first-order valence-corrected chi connectivity index (χ1v) is 7.94. The molecule has 1 aromatic carbocycles. The largest absolute Gasteiger partial charge is 0.399 e. The van der Waals surface area contributed by atoms with Crippen molar-refractivity contribution in [3.05, 3.63) is 24.3 Å². The van der Waals surface area contributed by atoms with Crippen molar-refractivity contribution in [2.75, 3.05) is 17.7 Å². The van der Waals surface area contributed by atoms with Crippen LogP contribution < -0.4 is 11.1 Å². The zero-order chi connectivity index (χ0) is 15.1. The van der Waals surface area contributed by atoms with Gasteiger partial charge in [0.05, 0.1) is 19.1 Å². The molecule has 0 radical (unpaired) electrons. The van der Waals surface area contributed by atoms with Gasteiger partial charge in [-0.05, 0) is 43.0 Å². The van der Waals surface area contributed by atoms with Crippen molar-refractivity contribution in [2.24, 2.45) is 5.92 Å². The summed E-state index contributed by atoms with van der Waals surface area (Å²) in [5, 5.41) is 2.85. The van der Waals surface area contributed by atoms with Gasteiger partial charge in [-0.25, -0.2) is 0 Å². The summed E-state index contributed by atoms with van der Waals surface area (Å²) in [6, 6.07) is 7.17. The number of anilines is 2. The van der Waals surface area contributed by atoms with E-state index in [1.165, 1.54) is 19.3 Å². The van der Waals surface area contributed by atoms with E-state index in [0.29, 0.717) is 24.8 Å². The van der Waals surface area contributed by atoms with E-state index in [0.717, 1.165) is 24.4 Å². The van der Waals surface area contributed by atoms with E-state index in [1.54, 1.807) is 24.3 Å². The molecule has 3 N–H and O–H groups in total. The Bertz CT molecular complexity index is 445. The normalized spacial score (nSPS) is 22.0. The maximum atomic E-state index is 11.8. The van der Waals surface area contributed by atoms with Crippen LogP contribution >= 0.6 is 0 Å². The minimum atomic E-state index is -0.0115. The van der Waals surface area contributed by atoms with Gasteiger partial charge in [0, 0.05) is 11.4 Å². The Morgan fingerprint density at radius 1 is 1.33 bits per heavy atom. The number of benzene rings is 1. The Morgan fingerprint density at radius 2 is 2.10 bits per heavy atom. The summed E-state index contributed by atoms with van der Waals surface area (Å²) in [6.45, 7) is 2.75. The lowest BCUT2D eigenvalue weighted by Crippen LogP contribution is -2.24. The van der Waals surface area contributed by atoms with Crippen LogP contribution in [0.3, 0.4) is 0 Å². The summed E-state index contributed by atoms with van der Waals surface area (Å²) in [5.41, 5.74) is 7.08. The highest BCUT2D eigenvalue weighted by atomic mass is 16.5. The second kappa shape index (κ2) is 8.03. The third-order valence-electron chi connectivity index (χ3n) is 4.19. The number of hydrogen-bond donors (Lipinski definition) is 2. The van der Waals surface area contributed by atoms with Gasteiger partial charge in [0.25, 0.3) is 0 Å². The zero-order valence-electron chi connectivity index (χ0n) is 12.8. The van der Waals surface area contributed by atoms with E-state index in [4.69, 9.17) is 10.5 Å². The average Bonchev–Trinajstić information content (AvgIpc) is 2.50. The molecule has 116 valence electrons. The minimum absolute atomic E-state index is 0.0115. The molecule has 0 heterocycles. The van der Waals surface area contributed by atoms with Gasteiger partial charge in [-0.15, -0.1) is 0 Å². The molecular weight excluding hydrogens is 264 g/mol. The number of carbonyl (C=O) groups is 1. The Labute approximate surface area is 127 Å². The maximum absolute atomic E-state index is 11.8. The molecule has 0 saturated heterocycles. The van der Waals surface area contributed by atoms with Crippen LogP contribution in [0, 0.1) is 5.92 Å². The van der Waals surface area contributed by atoms with Gasteiger partial charge >= 0.3 is 0 Å². The van der Waals surface area contributed by atoms with Gasteiger partial charge in [-0.3, -0.25) is 4.79 Å². The lowest BCUT2D eigenvalue weighted by Gasteiger charge is -2.28. The predicted molar refractivity (Wildman–Crippen MR) is 86.1 cm³/mol. The van der Waals surface area contributed by atoms with Crippen LogP contribution in [0.25, 0.3) is 0 Å². The standard InChI is InChI=1S/C17H26N2O2/c1-2-13-4-3-5-16(12-13)21-11-10-17(20)19-15-8-6-14(18)7-9-15/h6-9,13,16H,2-5,10-12,18H2,1H3,(H,19,20). The first kappa shape index (κ1) is 15.8. The molecule has 1 aliphatic rings. The summed E-state index contributed by atoms with van der Waals surface area (Å²) >= 11 is 0. The third-order valence-corrected chi connectivity index (χ3v) is 4.19. The molecule has 1 aliphatic carbocycles. The molecule has 2 atom stereocenters. The van der Waals surface area contributed by atoms with E-state index < -0.39 is 0 Å². The summed E-state index contributed by atoms with van der Waals surface area (Å²) in [4.78, 5) is 11.8. The highest BCUT2D eigenvalue weighted by Gasteiger charge is 2.21. The number of ether oxygens (including phenoxy) is 1. The second-order valence-corrected chi connectivity index (χ2v) is 5.85. The smallest absolute Gasteiger partial charge is 0.226 e. The first-order chi connectivity index (χ1) is 10.2. The highest BCUT2D eigenvalue weighted by Crippen LogP contribution is 2.28. The van der Waals surface area contributed by atoms with Crippen LogP contribution in [0.5, 0.6) is 0 Å². The van der Waals surface area contributed by atoms with Crippen LogP contribution in [0.1, 0.15) is 45.4 Å². The van der Waals surface area contributed by atoms with E-state index in [2.05, 4.69) is 12.2 Å². The monoisotopic (exact) mass is 290 g/mol. The van der Waals surface area contributed by atoms with Crippen molar-refractivity contribution in [1.29, 1.82) is 0 Å². The number of nitrogens with two attached hydrogens (primary N) is 1. The molecule has 21 heavy (non-hydrogen) atoms. The van der Waals surface area contributed by atoms with Gasteiger partial charge in [-0.1, -0.05) is 26.2 Å². The van der Waals surface area contributed by atoms with Gasteiger partial charge in [0.15, 0.2) is 0 Å². The third kappa shape index (κ3) is 5.38. The Hall–Kier alpha value is -1.55. The lowest BCUT2D eigenvalue weighted by atomic mass is 9.85. The molecule has 0 spiro atoms. The molecular formula is C17H26N2O2. The minimum Gasteiger partial charge on any atom is -0.399 e. The van der Waals surface area contributed by atoms with Crippen LogP contribution in [-0.4, -0.2) is 18.6 Å². The van der Waals surface area contributed by atoms with Gasteiger partial charge in [-0.2, -0.15) is 0 Å². The Balaban J connectivity index is 1.66. The molecule has 0 aliphatic heterocycles. The molecule has 1 amide bonds. The Morgan fingerprint density at radius 3 is 2.81 bits per heavy atom. The molecule has 0 bridgehead atoms. The SMILES string of the molecule is CCC1CCCC(OCCC(=O)Nc2ccc(N)cc2)C1. The molecule has 4 nitrogen and oxygen atoms in total. The maximum Gasteiger partial charge on any atom is 0.226 e. The molecule has 1 saturated carbocycles. The van der Waals surface area contributed by atoms with Crippen molar-refractivity contribution < 1.29 is 9.53 Å². The molecule has 1 aromatic rings. The van der Waals surface area contributed by atoms with Crippen molar-refractivity contribution in [3.8, 4) is 0 Å². The fraction of sp³-hybridized carbons (Fsp3) is 0.588. The van der Waals surface area contributed by atoms with E-state index >= 15 is 0 Å². The van der Waals surface area contributed by atoms with Crippen molar-refractivity contribution >= 4 is 17.3 Å². The van der Waals surface area contributed by atoms with Crippen molar-refractivity contribution in [1.82, 2.24) is 0 Å². The molecule has 2 unspecified atom stereocenters. The topological polar surface area (TPSA) is 64.3 Å². The van der Waals surface area contributed by atoms with Gasteiger partial charge in [0.1, 0.15) is 0 Å². The van der Waals surface area contributed by atoms with Crippen LogP contribution in [0.4, 0.5) is 11.4 Å². The highest BCUT2D eigenvalue weighted by molar-refractivity contribution is 5.90. The molecule has 2 rings (SSSR count). The van der Waals surface area contributed by atoms with Crippen molar-refractivity contribution in [3.63, 3.8) is 0 Å². The van der Waals surface area contributed by atoms with Crippen LogP contribution in [0.2, 0.25) is 0 Å². The summed E-state index contributed by atoms with van der Waals surface area (Å²) in [7, 11) is 0. The van der Waals surface area contributed by atoms with E-state index in [1.807, 2.05) is 0 Å². The van der Waals surface area contributed by atoms with Crippen LogP contribution in [-0.2, 0) is 9.53 Å². The fourth-order valence-corrected chi connectivity index (χ4v) is 2.87. The molecule has 0 aromatic heterocycles. The number of nitrogens with one attached hydrogen (secondary N) is 1. The van der Waals surface area contributed by atoms with Crippen LogP contribution in [0.15, 0.2) is 24.3 Å². The Kier molecular flexibility index (Phi) is 6.05. The summed E-state index contributed by atoms with van der Waals surface area (Å²) in [5.74, 6) is 0.787. The number of nitrogen functional groups attached to an aromatic ring is 1. The molecule has 4 heteroatoms. The zero-order valence-corrected chi connectivity index (χ0v) is 12.8. The molecule has 1 fully saturated rings. The van der Waals surface area contributed by atoms with Crippen molar-refractivity contribution in [2.45, 2.75) is 51.6 Å². The quantitative estimate of drug-likeness (QED) is 0.787.